The van der Waals surface area contributed by atoms with Crippen molar-refractivity contribution in [2.45, 2.75) is 6.92 Å². The van der Waals surface area contributed by atoms with Crippen molar-refractivity contribution in [1.82, 2.24) is 9.97 Å². The molecule has 0 aliphatic heterocycles. The van der Waals surface area contributed by atoms with Gasteiger partial charge in [0.15, 0.2) is 0 Å². The maximum absolute atomic E-state index is 5.75. The van der Waals surface area contributed by atoms with E-state index in [0.717, 1.165) is 28.4 Å². The minimum Gasteiger partial charge on any atom is -0.490 e. The minimum atomic E-state index is 0.510. The number of ether oxygens (including phenoxy) is 2. The number of hydrogen-bond acceptors (Lipinski definition) is 5. The van der Waals surface area contributed by atoms with Crippen LogP contribution in [0.15, 0.2) is 30.6 Å². The standard InChI is InChI=1S/C15H19N3O2/c1-11-14(17-10-18-15(11)16-2)12-6-4-5-7-13(12)20-9-8-19-3/h4-7,10H,8-9H2,1-3H3,(H,16,17,18). The maximum Gasteiger partial charge on any atom is 0.132 e. The molecule has 0 spiro atoms. The summed E-state index contributed by atoms with van der Waals surface area (Å²) in [5, 5.41) is 3.07. The zero-order chi connectivity index (χ0) is 14.4. The number of hydrogen-bond donors (Lipinski definition) is 1. The molecule has 5 heteroatoms. The molecule has 0 amide bonds. The molecule has 2 rings (SSSR count). The summed E-state index contributed by atoms with van der Waals surface area (Å²) in [5.74, 6) is 1.62. The monoisotopic (exact) mass is 273 g/mol. The summed E-state index contributed by atoms with van der Waals surface area (Å²) >= 11 is 0. The average Bonchev–Trinajstić information content (AvgIpc) is 2.48. The van der Waals surface area contributed by atoms with E-state index in [9.17, 15) is 0 Å². The van der Waals surface area contributed by atoms with Crippen molar-refractivity contribution in [3.8, 4) is 17.0 Å². The fourth-order valence-corrected chi connectivity index (χ4v) is 2.00. The van der Waals surface area contributed by atoms with Crippen LogP contribution >= 0.6 is 0 Å². The SMILES string of the molecule is CNc1ncnc(-c2ccccc2OCCOC)c1C. The molecule has 0 radical (unpaired) electrons. The third-order valence-corrected chi connectivity index (χ3v) is 3.01. The zero-order valence-electron chi connectivity index (χ0n) is 12.0. The van der Waals surface area contributed by atoms with E-state index in [1.807, 2.05) is 38.2 Å². The first kappa shape index (κ1) is 14.3. The van der Waals surface area contributed by atoms with Gasteiger partial charge in [0.1, 0.15) is 24.5 Å². The molecule has 0 saturated heterocycles. The number of methoxy groups -OCH3 is 1. The summed E-state index contributed by atoms with van der Waals surface area (Å²) in [7, 11) is 3.50. The Kier molecular flexibility index (Phi) is 4.90. The molecular formula is C15H19N3O2. The minimum absolute atomic E-state index is 0.510. The smallest absolute Gasteiger partial charge is 0.132 e. The van der Waals surface area contributed by atoms with Gasteiger partial charge < -0.3 is 14.8 Å². The Hall–Kier alpha value is -2.14. The molecule has 1 aromatic heterocycles. The molecule has 0 bridgehead atoms. The third-order valence-electron chi connectivity index (χ3n) is 3.01. The van der Waals surface area contributed by atoms with Crippen molar-refractivity contribution < 1.29 is 9.47 Å². The zero-order valence-corrected chi connectivity index (χ0v) is 12.0. The first-order valence-corrected chi connectivity index (χ1v) is 6.48. The lowest BCUT2D eigenvalue weighted by molar-refractivity contribution is 0.146. The molecule has 1 N–H and O–H groups in total. The fourth-order valence-electron chi connectivity index (χ4n) is 2.00. The summed E-state index contributed by atoms with van der Waals surface area (Å²) in [5.41, 5.74) is 2.83. The highest BCUT2D eigenvalue weighted by Gasteiger charge is 2.12. The second-order valence-electron chi connectivity index (χ2n) is 4.28. The van der Waals surface area contributed by atoms with Crippen molar-refractivity contribution in [2.24, 2.45) is 0 Å². The van der Waals surface area contributed by atoms with Crippen LogP contribution in [0.2, 0.25) is 0 Å². The normalized spacial score (nSPS) is 10.3. The predicted octanol–water partition coefficient (Wildman–Crippen LogP) is 2.52. The summed E-state index contributed by atoms with van der Waals surface area (Å²) in [6.45, 7) is 3.06. The summed E-state index contributed by atoms with van der Waals surface area (Å²) in [6, 6.07) is 7.85. The fraction of sp³-hybridized carbons (Fsp3) is 0.333. The first-order chi connectivity index (χ1) is 9.77. The van der Waals surface area contributed by atoms with E-state index in [1.54, 1.807) is 13.4 Å². The largest absolute Gasteiger partial charge is 0.490 e. The number of nitrogens with one attached hydrogen (secondary N) is 1. The van der Waals surface area contributed by atoms with Crippen LogP contribution in [0.5, 0.6) is 5.75 Å². The van der Waals surface area contributed by atoms with E-state index >= 15 is 0 Å². The number of anilines is 1. The lowest BCUT2D eigenvalue weighted by atomic mass is 10.1. The lowest BCUT2D eigenvalue weighted by Gasteiger charge is -2.13. The maximum atomic E-state index is 5.75. The Labute approximate surface area is 119 Å². The van der Waals surface area contributed by atoms with E-state index in [2.05, 4.69) is 15.3 Å². The highest BCUT2D eigenvalue weighted by atomic mass is 16.5. The molecule has 1 aromatic carbocycles. The Morgan fingerprint density at radius 3 is 2.70 bits per heavy atom. The molecular weight excluding hydrogens is 254 g/mol. The van der Waals surface area contributed by atoms with Crippen LogP contribution in [0.1, 0.15) is 5.56 Å². The number of para-hydroxylation sites is 1. The second-order valence-corrected chi connectivity index (χ2v) is 4.28. The summed E-state index contributed by atoms with van der Waals surface area (Å²) in [6.07, 6.45) is 1.56. The Morgan fingerprint density at radius 2 is 1.95 bits per heavy atom. The van der Waals surface area contributed by atoms with Crippen molar-refractivity contribution in [3.05, 3.63) is 36.2 Å². The van der Waals surface area contributed by atoms with Gasteiger partial charge in [-0.3, -0.25) is 0 Å². The molecule has 0 aliphatic carbocycles. The predicted molar refractivity (Wildman–Crippen MR) is 79.1 cm³/mol. The quantitative estimate of drug-likeness (QED) is 0.820. The van der Waals surface area contributed by atoms with Crippen LogP contribution < -0.4 is 10.1 Å². The van der Waals surface area contributed by atoms with Crippen molar-refractivity contribution in [3.63, 3.8) is 0 Å². The Morgan fingerprint density at radius 1 is 1.15 bits per heavy atom. The van der Waals surface area contributed by atoms with E-state index in [1.165, 1.54) is 0 Å². The summed E-state index contributed by atoms with van der Waals surface area (Å²) < 4.78 is 10.8. The van der Waals surface area contributed by atoms with E-state index in [-0.39, 0.29) is 0 Å². The molecule has 0 fully saturated rings. The molecule has 0 atom stereocenters. The molecule has 106 valence electrons. The van der Waals surface area contributed by atoms with Gasteiger partial charge in [0.2, 0.25) is 0 Å². The van der Waals surface area contributed by atoms with Crippen LogP contribution in [-0.4, -0.2) is 37.3 Å². The van der Waals surface area contributed by atoms with Crippen molar-refractivity contribution >= 4 is 5.82 Å². The van der Waals surface area contributed by atoms with Gasteiger partial charge in [-0.05, 0) is 19.1 Å². The van der Waals surface area contributed by atoms with Gasteiger partial charge in [0, 0.05) is 25.3 Å². The highest BCUT2D eigenvalue weighted by Crippen LogP contribution is 2.32. The average molecular weight is 273 g/mol. The second kappa shape index (κ2) is 6.86. The first-order valence-electron chi connectivity index (χ1n) is 6.48. The van der Waals surface area contributed by atoms with Crippen LogP contribution in [-0.2, 0) is 4.74 Å². The molecule has 2 aromatic rings. The topological polar surface area (TPSA) is 56.3 Å². The Bertz CT molecular complexity index is 573. The van der Waals surface area contributed by atoms with Gasteiger partial charge in [0.05, 0.1) is 12.3 Å². The number of rotatable bonds is 6. The van der Waals surface area contributed by atoms with Crippen LogP contribution in [0.3, 0.4) is 0 Å². The molecule has 0 aliphatic rings. The molecule has 1 heterocycles. The van der Waals surface area contributed by atoms with Crippen LogP contribution in [0.25, 0.3) is 11.3 Å². The van der Waals surface area contributed by atoms with E-state index in [0.29, 0.717) is 13.2 Å². The number of benzene rings is 1. The molecule has 0 unspecified atom stereocenters. The Balaban J connectivity index is 2.37. The third kappa shape index (κ3) is 3.05. The van der Waals surface area contributed by atoms with Crippen molar-refractivity contribution in [1.29, 1.82) is 0 Å². The van der Waals surface area contributed by atoms with Gasteiger partial charge >= 0.3 is 0 Å². The van der Waals surface area contributed by atoms with Gasteiger partial charge in [0.25, 0.3) is 0 Å². The summed E-state index contributed by atoms with van der Waals surface area (Å²) in [4.78, 5) is 8.59. The molecule has 5 nitrogen and oxygen atoms in total. The lowest BCUT2D eigenvalue weighted by Crippen LogP contribution is -2.06. The van der Waals surface area contributed by atoms with E-state index < -0.39 is 0 Å². The van der Waals surface area contributed by atoms with Gasteiger partial charge in [-0.1, -0.05) is 12.1 Å². The van der Waals surface area contributed by atoms with E-state index in [4.69, 9.17) is 9.47 Å². The molecule has 20 heavy (non-hydrogen) atoms. The van der Waals surface area contributed by atoms with Gasteiger partial charge in [-0.25, -0.2) is 9.97 Å². The van der Waals surface area contributed by atoms with Gasteiger partial charge in [-0.2, -0.15) is 0 Å². The number of aromatic nitrogens is 2. The number of nitrogens with zero attached hydrogens (tertiary/aromatic N) is 2. The van der Waals surface area contributed by atoms with Gasteiger partial charge in [-0.15, -0.1) is 0 Å². The molecule has 0 saturated carbocycles. The van der Waals surface area contributed by atoms with Crippen LogP contribution in [0, 0.1) is 6.92 Å². The highest BCUT2D eigenvalue weighted by molar-refractivity contribution is 5.72. The van der Waals surface area contributed by atoms with Crippen LogP contribution in [0.4, 0.5) is 5.82 Å². The van der Waals surface area contributed by atoms with Crippen molar-refractivity contribution in [2.75, 3.05) is 32.7 Å².